The minimum absolute atomic E-state index is 0.0839. The largest absolute Gasteiger partial charge is 0.393 e. The van der Waals surface area contributed by atoms with Crippen LogP contribution >= 0.6 is 0 Å². The first-order valence-electron chi connectivity index (χ1n) is 7.58. The lowest BCUT2D eigenvalue weighted by Gasteiger charge is -2.20. The summed E-state index contributed by atoms with van der Waals surface area (Å²) < 4.78 is 14.2. The van der Waals surface area contributed by atoms with Gasteiger partial charge in [0.1, 0.15) is 6.33 Å². The average Bonchev–Trinajstić information content (AvgIpc) is 2.53. The maximum absolute atomic E-state index is 14.2. The molecule has 22 heavy (non-hydrogen) atoms. The van der Waals surface area contributed by atoms with Gasteiger partial charge in [0.2, 0.25) is 0 Å². The minimum atomic E-state index is -0.423. The van der Waals surface area contributed by atoms with Gasteiger partial charge in [-0.05, 0) is 25.3 Å². The predicted octanol–water partition coefficient (Wildman–Crippen LogP) is 3.14. The predicted molar refractivity (Wildman–Crippen MR) is 85.3 cm³/mol. The van der Waals surface area contributed by atoms with Gasteiger partial charge in [-0.2, -0.15) is 0 Å². The average molecular weight is 303 g/mol. The maximum atomic E-state index is 14.2. The molecule has 2 atom stereocenters. The molecule has 0 saturated carbocycles. The number of nitrogens with zero attached hydrogens (tertiary/aromatic N) is 2. The summed E-state index contributed by atoms with van der Waals surface area (Å²) in [5.41, 5.74) is 1.52. The van der Waals surface area contributed by atoms with E-state index in [2.05, 4.69) is 15.3 Å². The fourth-order valence-electron chi connectivity index (χ4n) is 2.47. The lowest BCUT2D eigenvalue weighted by Crippen LogP contribution is -2.19. The van der Waals surface area contributed by atoms with Crippen LogP contribution in [0.4, 0.5) is 10.2 Å². The fraction of sp³-hybridized carbons (Fsp3) is 0.412. The first kappa shape index (κ1) is 16.4. The van der Waals surface area contributed by atoms with E-state index < -0.39 is 11.9 Å². The van der Waals surface area contributed by atoms with E-state index in [0.29, 0.717) is 25.1 Å². The van der Waals surface area contributed by atoms with Crippen LogP contribution in [0.1, 0.15) is 37.4 Å². The van der Waals surface area contributed by atoms with Gasteiger partial charge in [-0.15, -0.1) is 0 Å². The highest BCUT2D eigenvalue weighted by atomic mass is 19.1. The number of aryl methyl sites for hydroxylation is 1. The van der Waals surface area contributed by atoms with Gasteiger partial charge in [0.25, 0.3) is 0 Å². The monoisotopic (exact) mass is 303 g/mol. The highest BCUT2D eigenvalue weighted by molar-refractivity contribution is 5.38. The molecule has 2 N–H and O–H groups in total. The Balaban J connectivity index is 2.12. The molecule has 1 aromatic carbocycles. The van der Waals surface area contributed by atoms with Crippen molar-refractivity contribution in [2.24, 2.45) is 0 Å². The Labute approximate surface area is 130 Å². The third kappa shape index (κ3) is 4.24. The number of aliphatic hydroxyl groups excluding tert-OH is 1. The summed E-state index contributed by atoms with van der Waals surface area (Å²) in [5.74, 6) is -0.0899. The second-order valence-electron chi connectivity index (χ2n) is 5.41. The van der Waals surface area contributed by atoms with E-state index in [0.717, 1.165) is 5.56 Å². The highest BCUT2D eigenvalue weighted by Gasteiger charge is 2.16. The van der Waals surface area contributed by atoms with Crippen LogP contribution in [0.25, 0.3) is 0 Å². The Morgan fingerprint density at radius 3 is 2.59 bits per heavy atom. The number of hydrogen-bond donors (Lipinski definition) is 2. The topological polar surface area (TPSA) is 58.0 Å². The van der Waals surface area contributed by atoms with Gasteiger partial charge in [-0.3, -0.25) is 0 Å². The van der Waals surface area contributed by atoms with Crippen molar-refractivity contribution in [3.05, 3.63) is 53.7 Å². The molecular weight excluding hydrogens is 281 g/mol. The molecule has 0 aliphatic heterocycles. The second kappa shape index (κ2) is 7.84. The molecule has 0 amide bonds. The number of hydrogen-bond acceptors (Lipinski definition) is 4. The van der Waals surface area contributed by atoms with E-state index in [1.807, 2.05) is 37.3 Å². The summed E-state index contributed by atoms with van der Waals surface area (Å²) >= 11 is 0. The van der Waals surface area contributed by atoms with Gasteiger partial charge in [0, 0.05) is 12.5 Å². The number of aliphatic hydroxyl groups is 1. The molecule has 1 aromatic heterocycles. The van der Waals surface area contributed by atoms with E-state index >= 15 is 0 Å². The summed E-state index contributed by atoms with van der Waals surface area (Å²) in [6.45, 7) is 4.12. The highest BCUT2D eigenvalue weighted by Crippen LogP contribution is 2.23. The molecule has 2 unspecified atom stereocenters. The van der Waals surface area contributed by atoms with Crippen LogP contribution in [0.3, 0.4) is 0 Å². The zero-order chi connectivity index (χ0) is 15.9. The van der Waals surface area contributed by atoms with Crippen LogP contribution in [0.15, 0.2) is 36.7 Å². The van der Waals surface area contributed by atoms with Crippen LogP contribution in [-0.4, -0.2) is 27.7 Å². The molecule has 2 rings (SSSR count). The smallest absolute Gasteiger partial charge is 0.186 e. The molecule has 0 aliphatic rings. The van der Waals surface area contributed by atoms with Gasteiger partial charge in [0.15, 0.2) is 11.6 Å². The van der Waals surface area contributed by atoms with Gasteiger partial charge in [-0.25, -0.2) is 14.4 Å². The van der Waals surface area contributed by atoms with Crippen molar-refractivity contribution in [3.8, 4) is 0 Å². The summed E-state index contributed by atoms with van der Waals surface area (Å²) in [6, 6.07) is 9.91. The number of anilines is 1. The molecule has 118 valence electrons. The van der Waals surface area contributed by atoms with Gasteiger partial charge < -0.3 is 10.4 Å². The van der Waals surface area contributed by atoms with E-state index in [1.165, 1.54) is 6.33 Å². The molecule has 0 saturated heterocycles. The molecule has 2 aromatic rings. The molecule has 0 fully saturated rings. The first-order chi connectivity index (χ1) is 10.6. The van der Waals surface area contributed by atoms with Crippen molar-refractivity contribution in [1.29, 1.82) is 0 Å². The van der Waals surface area contributed by atoms with E-state index in [4.69, 9.17) is 0 Å². The maximum Gasteiger partial charge on any atom is 0.186 e. The standard InChI is InChI=1S/C17H22FN3O/c1-3-15-16(18)17(21-11-20-15)19-10-14(9-12(2)22)13-7-5-4-6-8-13/h4-8,11-12,14,22H,3,9-10H2,1-2H3,(H,19,20,21). The second-order valence-corrected chi connectivity index (χ2v) is 5.41. The van der Waals surface area contributed by atoms with Crippen LogP contribution < -0.4 is 5.32 Å². The quantitative estimate of drug-likeness (QED) is 0.825. The number of aromatic nitrogens is 2. The molecule has 0 aliphatic carbocycles. The first-order valence-corrected chi connectivity index (χ1v) is 7.58. The number of nitrogens with one attached hydrogen (secondary N) is 1. The summed E-state index contributed by atoms with van der Waals surface area (Å²) in [4.78, 5) is 7.90. The molecule has 0 spiro atoms. The molecule has 0 bridgehead atoms. The lowest BCUT2D eigenvalue weighted by molar-refractivity contribution is 0.175. The third-order valence-electron chi connectivity index (χ3n) is 3.61. The molecule has 1 heterocycles. The molecule has 5 heteroatoms. The summed E-state index contributed by atoms with van der Waals surface area (Å²) in [5, 5.41) is 12.7. The van der Waals surface area contributed by atoms with E-state index in [-0.39, 0.29) is 11.7 Å². The zero-order valence-corrected chi connectivity index (χ0v) is 13.0. The molecule has 4 nitrogen and oxygen atoms in total. The fourth-order valence-corrected chi connectivity index (χ4v) is 2.47. The van der Waals surface area contributed by atoms with Crippen molar-refractivity contribution in [3.63, 3.8) is 0 Å². The van der Waals surface area contributed by atoms with Crippen LogP contribution in [0.2, 0.25) is 0 Å². The van der Waals surface area contributed by atoms with Crippen molar-refractivity contribution >= 4 is 5.82 Å². The SMILES string of the molecule is CCc1ncnc(NCC(CC(C)O)c2ccccc2)c1F. The Morgan fingerprint density at radius 2 is 1.95 bits per heavy atom. The number of halogens is 1. The van der Waals surface area contributed by atoms with Crippen molar-refractivity contribution in [2.45, 2.75) is 38.7 Å². The minimum Gasteiger partial charge on any atom is -0.393 e. The van der Waals surface area contributed by atoms with E-state index in [1.54, 1.807) is 6.92 Å². The number of benzene rings is 1. The van der Waals surface area contributed by atoms with Gasteiger partial charge >= 0.3 is 0 Å². The summed E-state index contributed by atoms with van der Waals surface area (Å²) in [6.07, 6.45) is 2.08. The zero-order valence-electron chi connectivity index (χ0n) is 13.0. The van der Waals surface area contributed by atoms with Crippen molar-refractivity contribution in [2.75, 3.05) is 11.9 Å². The Kier molecular flexibility index (Phi) is 5.83. The van der Waals surface area contributed by atoms with Crippen LogP contribution in [-0.2, 0) is 6.42 Å². The van der Waals surface area contributed by atoms with Crippen LogP contribution in [0, 0.1) is 5.82 Å². The Hall–Kier alpha value is -2.01. The van der Waals surface area contributed by atoms with E-state index in [9.17, 15) is 9.50 Å². The van der Waals surface area contributed by atoms with Gasteiger partial charge in [-0.1, -0.05) is 37.3 Å². The molecule has 0 radical (unpaired) electrons. The third-order valence-corrected chi connectivity index (χ3v) is 3.61. The summed E-state index contributed by atoms with van der Waals surface area (Å²) in [7, 11) is 0. The van der Waals surface area contributed by atoms with Crippen molar-refractivity contribution in [1.82, 2.24) is 9.97 Å². The molecular formula is C17H22FN3O. The Morgan fingerprint density at radius 1 is 1.23 bits per heavy atom. The lowest BCUT2D eigenvalue weighted by atomic mass is 9.93. The van der Waals surface area contributed by atoms with Gasteiger partial charge in [0.05, 0.1) is 11.8 Å². The normalized spacial score (nSPS) is 13.6. The number of rotatable bonds is 7. The van der Waals surface area contributed by atoms with Crippen LogP contribution in [0.5, 0.6) is 0 Å². The Bertz CT molecular complexity index is 590. The van der Waals surface area contributed by atoms with Crippen molar-refractivity contribution < 1.29 is 9.50 Å².